The fourth-order valence-corrected chi connectivity index (χ4v) is 4.79. The Morgan fingerprint density at radius 3 is 2.87 bits per heavy atom. The fraction of sp³-hybridized carbons (Fsp3) is 0.500. The molecule has 1 saturated carbocycles. The molecule has 3 nitrogen and oxygen atoms in total. The Balaban J connectivity index is 1.44. The molecule has 0 radical (unpaired) electrons. The molecule has 2 aromatic rings. The zero-order valence-electron chi connectivity index (χ0n) is 13.2. The van der Waals surface area contributed by atoms with Crippen LogP contribution in [0.15, 0.2) is 29.0 Å². The minimum atomic E-state index is -0.557. The molecule has 2 N–H and O–H groups in total. The van der Waals surface area contributed by atoms with E-state index in [0.29, 0.717) is 13.0 Å². The van der Waals surface area contributed by atoms with Gasteiger partial charge in [0.2, 0.25) is 5.91 Å². The second kappa shape index (κ2) is 8.08. The van der Waals surface area contributed by atoms with Gasteiger partial charge in [-0.15, -0.1) is 11.3 Å². The van der Waals surface area contributed by atoms with Gasteiger partial charge in [0.15, 0.2) is 0 Å². The Morgan fingerprint density at radius 2 is 2.13 bits per heavy atom. The lowest BCUT2D eigenvalue weighted by atomic mass is 10.0. The quantitative estimate of drug-likeness (QED) is 0.774. The molecule has 0 saturated heterocycles. The van der Waals surface area contributed by atoms with E-state index in [4.69, 9.17) is 0 Å². The number of nitrogens with one attached hydrogen (secondary N) is 1. The summed E-state index contributed by atoms with van der Waals surface area (Å²) >= 11 is 3.15. The Kier molecular flexibility index (Phi) is 5.86. The van der Waals surface area contributed by atoms with E-state index in [9.17, 15) is 9.90 Å². The maximum Gasteiger partial charge on any atom is 0.220 e. The number of carbonyl (C=O) groups is 1. The summed E-state index contributed by atoms with van der Waals surface area (Å²) in [5.41, 5.74) is 0.934. The molecule has 5 heteroatoms. The summed E-state index contributed by atoms with van der Waals surface area (Å²) in [5.74, 6) is 0.903. The smallest absolute Gasteiger partial charge is 0.220 e. The largest absolute Gasteiger partial charge is 0.383 e. The predicted molar refractivity (Wildman–Crippen MR) is 95.7 cm³/mol. The third kappa shape index (κ3) is 4.66. The number of amides is 1. The monoisotopic (exact) mass is 349 g/mol. The van der Waals surface area contributed by atoms with Crippen molar-refractivity contribution in [1.82, 2.24) is 5.32 Å². The number of hydrogen-bond donors (Lipinski definition) is 2. The first-order chi connectivity index (χ1) is 11.2. The number of aliphatic hydroxyl groups is 1. The SMILES string of the molecule is O=C(CCC1CCCC1)NCc1ccc(C(O)c2ccsc2)s1. The van der Waals surface area contributed by atoms with Crippen molar-refractivity contribution in [2.45, 2.75) is 51.2 Å². The normalized spacial score (nSPS) is 16.6. The van der Waals surface area contributed by atoms with Gasteiger partial charge in [0.05, 0.1) is 6.54 Å². The van der Waals surface area contributed by atoms with E-state index < -0.39 is 6.10 Å². The molecule has 0 aromatic carbocycles. The van der Waals surface area contributed by atoms with E-state index in [2.05, 4.69) is 5.32 Å². The van der Waals surface area contributed by atoms with Crippen LogP contribution in [0.3, 0.4) is 0 Å². The predicted octanol–water partition coefficient (Wildman–Crippen LogP) is 4.48. The molecule has 0 spiro atoms. The lowest BCUT2D eigenvalue weighted by Crippen LogP contribution is -2.22. The van der Waals surface area contributed by atoms with Crippen molar-refractivity contribution in [1.29, 1.82) is 0 Å². The van der Waals surface area contributed by atoms with Crippen molar-refractivity contribution < 1.29 is 9.90 Å². The summed E-state index contributed by atoms with van der Waals surface area (Å²) in [7, 11) is 0. The zero-order valence-corrected chi connectivity index (χ0v) is 14.8. The first kappa shape index (κ1) is 16.7. The van der Waals surface area contributed by atoms with Gasteiger partial charge < -0.3 is 10.4 Å². The van der Waals surface area contributed by atoms with Crippen LogP contribution in [-0.2, 0) is 11.3 Å². The first-order valence-corrected chi connectivity index (χ1v) is 10.0. The molecular weight excluding hydrogens is 326 g/mol. The van der Waals surface area contributed by atoms with E-state index in [1.54, 1.807) is 22.7 Å². The molecule has 1 amide bonds. The molecule has 124 valence electrons. The second-order valence-electron chi connectivity index (χ2n) is 6.23. The Labute approximate surface area is 145 Å². The minimum Gasteiger partial charge on any atom is -0.383 e. The van der Waals surface area contributed by atoms with Crippen LogP contribution in [0.2, 0.25) is 0 Å². The molecule has 3 rings (SSSR count). The van der Waals surface area contributed by atoms with Crippen LogP contribution in [0.25, 0.3) is 0 Å². The van der Waals surface area contributed by atoms with Gasteiger partial charge in [-0.1, -0.05) is 25.7 Å². The molecule has 23 heavy (non-hydrogen) atoms. The minimum absolute atomic E-state index is 0.144. The van der Waals surface area contributed by atoms with E-state index >= 15 is 0 Å². The number of thiophene rings is 2. The summed E-state index contributed by atoms with van der Waals surface area (Å²) in [4.78, 5) is 14.0. The van der Waals surface area contributed by atoms with Gasteiger partial charge in [-0.05, 0) is 46.9 Å². The Hall–Kier alpha value is -1.17. The molecular formula is C18H23NO2S2. The van der Waals surface area contributed by atoms with Crippen LogP contribution in [0, 0.1) is 5.92 Å². The van der Waals surface area contributed by atoms with Gasteiger partial charge in [0, 0.05) is 16.2 Å². The lowest BCUT2D eigenvalue weighted by molar-refractivity contribution is -0.121. The molecule has 1 atom stereocenters. The van der Waals surface area contributed by atoms with E-state index in [-0.39, 0.29) is 5.91 Å². The van der Waals surface area contributed by atoms with Crippen molar-refractivity contribution in [3.05, 3.63) is 44.3 Å². The fourth-order valence-electron chi connectivity index (χ4n) is 3.14. The first-order valence-electron chi connectivity index (χ1n) is 8.28. The molecule has 1 aliphatic rings. The number of rotatable bonds is 7. The zero-order chi connectivity index (χ0) is 16.1. The Bertz CT molecular complexity index is 615. The van der Waals surface area contributed by atoms with E-state index in [0.717, 1.165) is 27.7 Å². The molecule has 1 unspecified atom stereocenters. The van der Waals surface area contributed by atoms with Crippen molar-refractivity contribution >= 4 is 28.6 Å². The average Bonchev–Trinajstić information content (AvgIpc) is 3.33. The summed E-state index contributed by atoms with van der Waals surface area (Å²) in [6.07, 6.45) is 6.36. The van der Waals surface area contributed by atoms with E-state index in [1.165, 1.54) is 25.7 Å². The lowest BCUT2D eigenvalue weighted by Gasteiger charge is -2.08. The van der Waals surface area contributed by atoms with Gasteiger partial charge in [0.1, 0.15) is 6.10 Å². The molecule has 0 aliphatic heterocycles. The van der Waals surface area contributed by atoms with Crippen LogP contribution >= 0.6 is 22.7 Å². The number of aliphatic hydroxyl groups excluding tert-OH is 1. The van der Waals surface area contributed by atoms with Gasteiger partial charge in [-0.3, -0.25) is 4.79 Å². The maximum absolute atomic E-state index is 11.9. The van der Waals surface area contributed by atoms with Crippen LogP contribution < -0.4 is 5.32 Å². The average molecular weight is 350 g/mol. The van der Waals surface area contributed by atoms with Crippen LogP contribution in [0.1, 0.15) is 59.9 Å². The van der Waals surface area contributed by atoms with Crippen molar-refractivity contribution in [3.8, 4) is 0 Å². The number of hydrogen-bond acceptors (Lipinski definition) is 4. The second-order valence-corrected chi connectivity index (χ2v) is 8.21. The highest BCUT2D eigenvalue weighted by Gasteiger charge is 2.16. The summed E-state index contributed by atoms with van der Waals surface area (Å²) in [6.45, 7) is 0.560. The van der Waals surface area contributed by atoms with Crippen molar-refractivity contribution in [2.75, 3.05) is 0 Å². The summed E-state index contributed by atoms with van der Waals surface area (Å²) < 4.78 is 0. The van der Waals surface area contributed by atoms with Gasteiger partial charge in [-0.2, -0.15) is 11.3 Å². The third-order valence-corrected chi connectivity index (χ3v) is 6.36. The van der Waals surface area contributed by atoms with Gasteiger partial charge >= 0.3 is 0 Å². The highest BCUT2D eigenvalue weighted by atomic mass is 32.1. The molecule has 1 fully saturated rings. The van der Waals surface area contributed by atoms with Crippen molar-refractivity contribution in [3.63, 3.8) is 0 Å². The van der Waals surface area contributed by atoms with Crippen LogP contribution in [0.5, 0.6) is 0 Å². The summed E-state index contributed by atoms with van der Waals surface area (Å²) in [5, 5.41) is 17.2. The van der Waals surface area contributed by atoms with E-state index in [1.807, 2.05) is 29.0 Å². The highest BCUT2D eigenvalue weighted by Crippen LogP contribution is 2.30. The Morgan fingerprint density at radius 1 is 1.30 bits per heavy atom. The topological polar surface area (TPSA) is 49.3 Å². The maximum atomic E-state index is 11.9. The molecule has 1 aliphatic carbocycles. The molecule has 2 aromatic heterocycles. The molecule has 0 bridgehead atoms. The van der Waals surface area contributed by atoms with Crippen LogP contribution in [-0.4, -0.2) is 11.0 Å². The van der Waals surface area contributed by atoms with Gasteiger partial charge in [-0.25, -0.2) is 0 Å². The third-order valence-electron chi connectivity index (χ3n) is 4.53. The highest BCUT2D eigenvalue weighted by molar-refractivity contribution is 7.12. The van der Waals surface area contributed by atoms with Crippen LogP contribution in [0.4, 0.5) is 0 Å². The summed E-state index contributed by atoms with van der Waals surface area (Å²) in [6, 6.07) is 5.89. The number of carbonyl (C=O) groups excluding carboxylic acids is 1. The molecule has 2 heterocycles. The van der Waals surface area contributed by atoms with Crippen molar-refractivity contribution in [2.24, 2.45) is 5.92 Å². The standard InChI is InChI=1S/C18H23NO2S2/c20-17(8-5-13-3-1-2-4-13)19-11-15-6-7-16(23-15)18(21)14-9-10-22-12-14/h6-7,9-10,12-13,18,21H,1-5,8,11H2,(H,19,20). The van der Waals surface area contributed by atoms with Gasteiger partial charge in [0.25, 0.3) is 0 Å².